The Morgan fingerprint density at radius 2 is 2.00 bits per heavy atom. The minimum atomic E-state index is 0.384. The number of aromatic nitrogens is 1. The first-order valence-electron chi connectivity index (χ1n) is 7.79. The van der Waals surface area contributed by atoms with Gasteiger partial charge in [-0.2, -0.15) is 0 Å². The summed E-state index contributed by atoms with van der Waals surface area (Å²) in [6, 6.07) is 7.93. The van der Waals surface area contributed by atoms with E-state index in [4.69, 9.17) is 10.5 Å². The predicted octanol–water partition coefficient (Wildman–Crippen LogP) is 4.30. The Kier molecular flexibility index (Phi) is 3.85. The quantitative estimate of drug-likeness (QED) is 0.855. The smallest absolute Gasteiger partial charge is 0.0777 e. The highest BCUT2D eigenvalue weighted by atomic mass is 16.5. The van der Waals surface area contributed by atoms with E-state index in [1.54, 1.807) is 0 Å². The molecule has 2 aromatic rings. The van der Waals surface area contributed by atoms with Crippen molar-refractivity contribution in [3.05, 3.63) is 36.0 Å². The molecule has 0 spiro atoms. The third-order valence-corrected chi connectivity index (χ3v) is 4.65. The van der Waals surface area contributed by atoms with Crippen molar-refractivity contribution in [2.24, 2.45) is 5.41 Å². The minimum Gasteiger partial charge on any atom is -0.398 e. The van der Waals surface area contributed by atoms with Crippen molar-refractivity contribution < 1.29 is 4.74 Å². The summed E-state index contributed by atoms with van der Waals surface area (Å²) >= 11 is 0. The molecule has 1 aliphatic carbocycles. The van der Waals surface area contributed by atoms with Gasteiger partial charge >= 0.3 is 0 Å². The van der Waals surface area contributed by atoms with E-state index in [0.29, 0.717) is 18.1 Å². The van der Waals surface area contributed by atoms with Crippen molar-refractivity contribution in [2.45, 2.75) is 52.2 Å². The first kappa shape index (κ1) is 14.3. The van der Waals surface area contributed by atoms with Crippen LogP contribution in [-0.2, 0) is 11.3 Å². The molecule has 3 nitrogen and oxygen atoms in total. The predicted molar refractivity (Wildman–Crippen MR) is 87.0 cm³/mol. The molecule has 0 atom stereocenters. The third-order valence-electron chi connectivity index (χ3n) is 4.65. The fraction of sp³-hybridized carbons (Fsp3) is 0.500. The van der Waals surface area contributed by atoms with E-state index in [9.17, 15) is 0 Å². The van der Waals surface area contributed by atoms with Gasteiger partial charge in [-0.1, -0.05) is 19.9 Å². The SMILES string of the molecule is CC1(C)CCC(OCc2ccc(N)c3cccnc23)CC1. The molecule has 0 aliphatic heterocycles. The molecule has 0 bridgehead atoms. The Morgan fingerprint density at radius 1 is 1.24 bits per heavy atom. The van der Waals surface area contributed by atoms with Gasteiger partial charge < -0.3 is 10.5 Å². The van der Waals surface area contributed by atoms with E-state index in [0.717, 1.165) is 35.0 Å². The van der Waals surface area contributed by atoms with Crippen LogP contribution in [0.15, 0.2) is 30.5 Å². The van der Waals surface area contributed by atoms with Gasteiger partial charge in [0.1, 0.15) is 0 Å². The standard InChI is InChI=1S/C18H24N2O/c1-18(2)9-7-14(8-10-18)21-12-13-5-6-16(19)15-4-3-11-20-17(13)15/h3-6,11,14H,7-10,12,19H2,1-2H3. The summed E-state index contributed by atoms with van der Waals surface area (Å²) in [6.07, 6.45) is 7.01. The summed E-state index contributed by atoms with van der Waals surface area (Å²) in [5.41, 5.74) is 9.37. The van der Waals surface area contributed by atoms with Crippen LogP contribution in [0, 0.1) is 5.41 Å². The van der Waals surface area contributed by atoms with Gasteiger partial charge in [-0.05, 0) is 49.3 Å². The lowest BCUT2D eigenvalue weighted by Crippen LogP contribution is -2.26. The van der Waals surface area contributed by atoms with E-state index in [2.05, 4.69) is 18.8 Å². The molecule has 1 aromatic heterocycles. The summed E-state index contributed by atoms with van der Waals surface area (Å²) in [6.45, 7) is 5.32. The molecule has 1 fully saturated rings. The molecule has 112 valence electrons. The van der Waals surface area contributed by atoms with Gasteiger partial charge in [0, 0.05) is 22.8 Å². The molecular formula is C18H24N2O. The average molecular weight is 284 g/mol. The Balaban J connectivity index is 1.70. The van der Waals surface area contributed by atoms with Crippen LogP contribution in [0.3, 0.4) is 0 Å². The lowest BCUT2D eigenvalue weighted by Gasteiger charge is -2.34. The van der Waals surface area contributed by atoms with Crippen molar-refractivity contribution in [1.29, 1.82) is 0 Å². The second-order valence-electron chi connectivity index (χ2n) is 6.89. The highest BCUT2D eigenvalue weighted by Crippen LogP contribution is 2.36. The Morgan fingerprint density at radius 3 is 2.76 bits per heavy atom. The molecule has 0 saturated heterocycles. The Bertz CT molecular complexity index is 626. The summed E-state index contributed by atoms with van der Waals surface area (Å²) in [5, 5.41) is 1.02. The number of fused-ring (bicyclic) bond motifs is 1. The monoisotopic (exact) mass is 284 g/mol. The second-order valence-corrected chi connectivity index (χ2v) is 6.89. The van der Waals surface area contributed by atoms with Crippen LogP contribution in [0.25, 0.3) is 10.9 Å². The average Bonchev–Trinajstić information content (AvgIpc) is 2.48. The lowest BCUT2D eigenvalue weighted by molar-refractivity contribution is -0.00519. The minimum absolute atomic E-state index is 0.384. The largest absolute Gasteiger partial charge is 0.398 e. The van der Waals surface area contributed by atoms with Crippen LogP contribution in [0.2, 0.25) is 0 Å². The van der Waals surface area contributed by atoms with E-state index in [1.165, 1.54) is 12.8 Å². The van der Waals surface area contributed by atoms with Gasteiger partial charge in [-0.25, -0.2) is 0 Å². The zero-order chi connectivity index (χ0) is 14.9. The van der Waals surface area contributed by atoms with Crippen LogP contribution < -0.4 is 5.73 Å². The highest BCUT2D eigenvalue weighted by Gasteiger charge is 2.27. The fourth-order valence-electron chi connectivity index (χ4n) is 3.12. The molecule has 0 amide bonds. The van der Waals surface area contributed by atoms with E-state index in [1.807, 2.05) is 30.5 Å². The molecule has 1 aromatic carbocycles. The molecule has 0 unspecified atom stereocenters. The molecular weight excluding hydrogens is 260 g/mol. The number of benzene rings is 1. The fourth-order valence-corrected chi connectivity index (χ4v) is 3.12. The molecule has 21 heavy (non-hydrogen) atoms. The maximum atomic E-state index is 6.13. The summed E-state index contributed by atoms with van der Waals surface area (Å²) in [4.78, 5) is 4.47. The van der Waals surface area contributed by atoms with E-state index >= 15 is 0 Å². The topological polar surface area (TPSA) is 48.1 Å². The zero-order valence-corrected chi connectivity index (χ0v) is 12.9. The molecule has 1 heterocycles. The first-order valence-corrected chi connectivity index (χ1v) is 7.79. The van der Waals surface area contributed by atoms with Gasteiger partial charge in [-0.15, -0.1) is 0 Å². The van der Waals surface area contributed by atoms with E-state index < -0.39 is 0 Å². The van der Waals surface area contributed by atoms with Gasteiger partial charge in [0.15, 0.2) is 0 Å². The lowest BCUT2D eigenvalue weighted by atomic mass is 9.76. The van der Waals surface area contributed by atoms with Crippen LogP contribution in [0.5, 0.6) is 0 Å². The molecule has 2 N–H and O–H groups in total. The number of hydrogen-bond acceptors (Lipinski definition) is 3. The number of ether oxygens (including phenoxy) is 1. The Labute approximate surface area is 126 Å². The Hall–Kier alpha value is -1.61. The number of nitrogens with zero attached hydrogens (tertiary/aromatic N) is 1. The van der Waals surface area contributed by atoms with Crippen LogP contribution >= 0.6 is 0 Å². The number of nitrogens with two attached hydrogens (primary N) is 1. The normalized spacial score (nSPS) is 19.0. The molecule has 1 saturated carbocycles. The van der Waals surface area contributed by atoms with Gasteiger partial charge in [0.2, 0.25) is 0 Å². The van der Waals surface area contributed by atoms with Crippen LogP contribution in [0.4, 0.5) is 5.69 Å². The van der Waals surface area contributed by atoms with Gasteiger partial charge in [0.05, 0.1) is 18.2 Å². The number of hydrogen-bond donors (Lipinski definition) is 1. The maximum absolute atomic E-state index is 6.13. The summed E-state index contributed by atoms with van der Waals surface area (Å²) in [7, 11) is 0. The van der Waals surface area contributed by atoms with Crippen molar-refractivity contribution in [1.82, 2.24) is 4.98 Å². The maximum Gasteiger partial charge on any atom is 0.0777 e. The zero-order valence-electron chi connectivity index (χ0n) is 12.9. The number of anilines is 1. The number of nitrogen functional groups attached to an aromatic ring is 1. The van der Waals surface area contributed by atoms with Crippen LogP contribution in [-0.4, -0.2) is 11.1 Å². The molecule has 1 aliphatic rings. The summed E-state index contributed by atoms with van der Waals surface area (Å²) < 4.78 is 6.13. The number of pyridine rings is 1. The first-order chi connectivity index (χ1) is 10.1. The molecule has 0 radical (unpaired) electrons. The van der Waals surface area contributed by atoms with Crippen molar-refractivity contribution in [2.75, 3.05) is 5.73 Å². The highest BCUT2D eigenvalue weighted by molar-refractivity contribution is 5.92. The van der Waals surface area contributed by atoms with Gasteiger partial charge in [-0.3, -0.25) is 4.98 Å². The van der Waals surface area contributed by atoms with Crippen molar-refractivity contribution >= 4 is 16.6 Å². The second kappa shape index (κ2) is 5.64. The van der Waals surface area contributed by atoms with Crippen molar-refractivity contribution in [3.63, 3.8) is 0 Å². The number of rotatable bonds is 3. The van der Waals surface area contributed by atoms with E-state index in [-0.39, 0.29) is 0 Å². The van der Waals surface area contributed by atoms with Crippen molar-refractivity contribution in [3.8, 4) is 0 Å². The van der Waals surface area contributed by atoms with Gasteiger partial charge in [0.25, 0.3) is 0 Å². The third kappa shape index (κ3) is 3.18. The molecule has 3 rings (SSSR count). The molecule has 3 heteroatoms. The van der Waals surface area contributed by atoms with Crippen LogP contribution in [0.1, 0.15) is 45.1 Å². The summed E-state index contributed by atoms with van der Waals surface area (Å²) in [5.74, 6) is 0.